The van der Waals surface area contributed by atoms with E-state index in [0.29, 0.717) is 28.6 Å². The zero-order valence-corrected chi connectivity index (χ0v) is 17.3. The van der Waals surface area contributed by atoms with E-state index in [9.17, 15) is 14.4 Å². The van der Waals surface area contributed by atoms with E-state index in [-0.39, 0.29) is 22.0 Å². The Morgan fingerprint density at radius 2 is 1.82 bits per heavy atom. The molecule has 1 aromatic carbocycles. The highest BCUT2D eigenvalue weighted by Crippen LogP contribution is 2.35. The number of halogens is 1. The molecule has 1 aliphatic heterocycles. The summed E-state index contributed by atoms with van der Waals surface area (Å²) in [6.45, 7) is 3.10. The van der Waals surface area contributed by atoms with Gasteiger partial charge in [-0.05, 0) is 43.9 Å². The van der Waals surface area contributed by atoms with Crippen LogP contribution in [0.3, 0.4) is 0 Å². The monoisotopic (exact) mass is 420 g/mol. The minimum Gasteiger partial charge on any atom is -0.465 e. The first-order valence-electron chi connectivity index (χ1n) is 9.01. The molecule has 1 aliphatic rings. The van der Waals surface area contributed by atoms with Crippen LogP contribution in [0.15, 0.2) is 24.3 Å². The Morgan fingerprint density at radius 3 is 2.46 bits per heavy atom. The second-order valence-corrected chi connectivity index (χ2v) is 7.97. The van der Waals surface area contributed by atoms with E-state index in [1.54, 1.807) is 36.1 Å². The van der Waals surface area contributed by atoms with Crippen molar-refractivity contribution in [2.45, 2.75) is 26.2 Å². The summed E-state index contributed by atoms with van der Waals surface area (Å²) in [5, 5.41) is 3.32. The Bertz CT molecular complexity index is 919. The lowest BCUT2D eigenvalue weighted by Gasteiger charge is -2.26. The molecule has 6 nitrogen and oxygen atoms in total. The first-order valence-corrected chi connectivity index (χ1v) is 10.2. The molecule has 1 aromatic heterocycles. The van der Waals surface area contributed by atoms with Gasteiger partial charge < -0.3 is 15.0 Å². The lowest BCUT2D eigenvalue weighted by Crippen LogP contribution is -2.35. The van der Waals surface area contributed by atoms with Crippen molar-refractivity contribution in [3.8, 4) is 0 Å². The summed E-state index contributed by atoms with van der Waals surface area (Å²) in [5.41, 5.74) is 1.00. The van der Waals surface area contributed by atoms with E-state index in [2.05, 4.69) is 5.32 Å². The SMILES string of the molecule is COC(=O)c1c(NC(=O)c2ccccc2Cl)sc(C(=O)N2CCCCC2)c1C. The van der Waals surface area contributed by atoms with Crippen LogP contribution in [0.4, 0.5) is 5.00 Å². The third kappa shape index (κ3) is 4.05. The van der Waals surface area contributed by atoms with Gasteiger partial charge in [0.15, 0.2) is 0 Å². The lowest BCUT2D eigenvalue weighted by atomic mass is 10.1. The largest absolute Gasteiger partial charge is 0.465 e. The Labute approximate surface area is 172 Å². The third-order valence-electron chi connectivity index (χ3n) is 4.72. The fourth-order valence-electron chi connectivity index (χ4n) is 3.21. The highest BCUT2D eigenvalue weighted by atomic mass is 35.5. The summed E-state index contributed by atoms with van der Waals surface area (Å²) in [5.74, 6) is -1.17. The van der Waals surface area contributed by atoms with Crippen LogP contribution in [-0.4, -0.2) is 42.9 Å². The number of carbonyl (C=O) groups excluding carboxylic acids is 3. The molecule has 0 aliphatic carbocycles. The van der Waals surface area contributed by atoms with Gasteiger partial charge in [0, 0.05) is 13.1 Å². The van der Waals surface area contributed by atoms with Crippen molar-refractivity contribution < 1.29 is 19.1 Å². The Hall–Kier alpha value is -2.38. The van der Waals surface area contributed by atoms with E-state index in [1.165, 1.54) is 7.11 Å². The maximum atomic E-state index is 13.0. The Balaban J connectivity index is 1.95. The third-order valence-corrected chi connectivity index (χ3v) is 6.24. The second kappa shape index (κ2) is 8.75. The van der Waals surface area contributed by atoms with Gasteiger partial charge in [0.2, 0.25) is 0 Å². The molecule has 3 rings (SSSR count). The van der Waals surface area contributed by atoms with Crippen LogP contribution in [0.25, 0.3) is 0 Å². The molecule has 28 heavy (non-hydrogen) atoms. The number of benzene rings is 1. The van der Waals surface area contributed by atoms with E-state index in [4.69, 9.17) is 16.3 Å². The summed E-state index contributed by atoms with van der Waals surface area (Å²) < 4.78 is 4.87. The van der Waals surface area contributed by atoms with Crippen molar-refractivity contribution in [3.05, 3.63) is 50.9 Å². The summed E-state index contributed by atoms with van der Waals surface area (Å²) in [4.78, 5) is 40.2. The predicted octanol–water partition coefficient (Wildman–Crippen LogP) is 4.37. The number of anilines is 1. The van der Waals surface area contributed by atoms with Crippen LogP contribution in [0.5, 0.6) is 0 Å². The molecule has 0 saturated carbocycles. The number of ether oxygens (including phenoxy) is 1. The fourth-order valence-corrected chi connectivity index (χ4v) is 4.59. The van der Waals surface area contributed by atoms with Crippen LogP contribution in [0.2, 0.25) is 5.02 Å². The number of nitrogens with zero attached hydrogens (tertiary/aromatic N) is 1. The molecule has 2 aromatic rings. The molecule has 0 spiro atoms. The number of rotatable bonds is 4. The molecular weight excluding hydrogens is 400 g/mol. The van der Waals surface area contributed by atoms with E-state index >= 15 is 0 Å². The summed E-state index contributed by atoms with van der Waals surface area (Å²) in [7, 11) is 1.27. The molecule has 1 fully saturated rings. The minimum absolute atomic E-state index is 0.120. The number of hydrogen-bond acceptors (Lipinski definition) is 5. The average molecular weight is 421 g/mol. The number of nitrogens with one attached hydrogen (secondary N) is 1. The summed E-state index contributed by atoms with van der Waals surface area (Å²) in [6, 6.07) is 6.63. The van der Waals surface area contributed by atoms with Gasteiger partial charge in [0.05, 0.1) is 28.1 Å². The number of esters is 1. The lowest BCUT2D eigenvalue weighted by molar-refractivity contribution is 0.0601. The van der Waals surface area contributed by atoms with Crippen molar-refractivity contribution in [1.82, 2.24) is 4.90 Å². The van der Waals surface area contributed by atoms with E-state index in [1.807, 2.05) is 0 Å². The first kappa shape index (κ1) is 20.4. The summed E-state index contributed by atoms with van der Waals surface area (Å²) >= 11 is 7.19. The normalized spacial score (nSPS) is 13.9. The van der Waals surface area contributed by atoms with Gasteiger partial charge >= 0.3 is 5.97 Å². The molecule has 0 radical (unpaired) electrons. The molecule has 148 valence electrons. The van der Waals surface area contributed by atoms with Gasteiger partial charge in [-0.25, -0.2) is 4.79 Å². The van der Waals surface area contributed by atoms with Gasteiger partial charge in [-0.2, -0.15) is 0 Å². The number of methoxy groups -OCH3 is 1. The van der Waals surface area contributed by atoms with Crippen molar-refractivity contribution in [2.24, 2.45) is 0 Å². The number of carbonyl (C=O) groups is 3. The van der Waals surface area contributed by atoms with Crippen LogP contribution in [0.1, 0.15) is 55.2 Å². The quantitative estimate of drug-likeness (QED) is 0.745. The van der Waals surface area contributed by atoms with Gasteiger partial charge in [-0.3, -0.25) is 9.59 Å². The van der Waals surface area contributed by atoms with Crippen molar-refractivity contribution >= 4 is 45.7 Å². The Kier molecular flexibility index (Phi) is 6.36. The molecule has 0 atom stereocenters. The van der Waals surface area contributed by atoms with Crippen LogP contribution in [0, 0.1) is 6.92 Å². The number of thiophene rings is 1. The van der Waals surface area contributed by atoms with Gasteiger partial charge in [-0.15, -0.1) is 11.3 Å². The maximum absolute atomic E-state index is 13.0. The van der Waals surface area contributed by atoms with E-state index < -0.39 is 11.9 Å². The number of hydrogen-bond donors (Lipinski definition) is 1. The molecule has 1 saturated heterocycles. The van der Waals surface area contributed by atoms with E-state index in [0.717, 1.165) is 30.6 Å². The standard InChI is InChI=1S/C20H21ClN2O4S/c1-12-15(20(26)27-2)18(22-17(24)13-8-4-5-9-14(13)21)28-16(12)19(25)23-10-6-3-7-11-23/h4-5,8-9H,3,6-7,10-11H2,1-2H3,(H,22,24). The van der Waals surface area contributed by atoms with Crippen molar-refractivity contribution in [2.75, 3.05) is 25.5 Å². The minimum atomic E-state index is -0.596. The molecular formula is C20H21ClN2O4S. The average Bonchev–Trinajstić information content (AvgIpc) is 3.03. The molecule has 2 heterocycles. The molecule has 2 amide bonds. The van der Waals surface area contributed by atoms with Crippen LogP contribution in [-0.2, 0) is 4.74 Å². The number of amides is 2. The van der Waals surface area contributed by atoms with Gasteiger partial charge in [-0.1, -0.05) is 23.7 Å². The smallest absolute Gasteiger partial charge is 0.341 e. The molecule has 1 N–H and O–H groups in total. The maximum Gasteiger partial charge on any atom is 0.341 e. The van der Waals surface area contributed by atoms with Crippen LogP contribution < -0.4 is 5.32 Å². The van der Waals surface area contributed by atoms with Crippen molar-refractivity contribution in [3.63, 3.8) is 0 Å². The molecule has 8 heteroatoms. The highest BCUT2D eigenvalue weighted by molar-refractivity contribution is 7.18. The first-order chi connectivity index (χ1) is 13.4. The van der Waals surface area contributed by atoms with Crippen LogP contribution >= 0.6 is 22.9 Å². The van der Waals surface area contributed by atoms with Gasteiger partial charge in [0.1, 0.15) is 5.00 Å². The number of piperidine rings is 1. The number of likely N-dealkylation sites (tertiary alicyclic amines) is 1. The zero-order chi connectivity index (χ0) is 20.3. The zero-order valence-electron chi connectivity index (χ0n) is 15.7. The predicted molar refractivity (Wildman–Crippen MR) is 110 cm³/mol. The second-order valence-electron chi connectivity index (χ2n) is 6.54. The summed E-state index contributed by atoms with van der Waals surface area (Å²) in [6.07, 6.45) is 3.05. The Morgan fingerprint density at radius 1 is 1.14 bits per heavy atom. The molecule has 0 unspecified atom stereocenters. The fraction of sp³-hybridized carbons (Fsp3) is 0.350. The topological polar surface area (TPSA) is 75.7 Å². The van der Waals surface area contributed by atoms with Gasteiger partial charge in [0.25, 0.3) is 11.8 Å². The van der Waals surface area contributed by atoms with Crippen molar-refractivity contribution in [1.29, 1.82) is 0 Å². The highest BCUT2D eigenvalue weighted by Gasteiger charge is 2.29. The molecule has 0 bridgehead atoms.